The van der Waals surface area contributed by atoms with Gasteiger partial charge in [-0.05, 0) is 30.7 Å². The Morgan fingerprint density at radius 3 is 2.40 bits per heavy atom. The average Bonchev–Trinajstić information content (AvgIpc) is 2.61. The molecule has 2 aromatic carbocycles. The highest BCUT2D eigenvalue weighted by atomic mass is 16.6. The van der Waals surface area contributed by atoms with Crippen LogP contribution in [0.1, 0.15) is 28.4 Å². The van der Waals surface area contributed by atoms with Crippen LogP contribution < -0.4 is 5.73 Å². The van der Waals surface area contributed by atoms with Gasteiger partial charge in [0.05, 0.1) is 33.9 Å². The molecule has 8 nitrogen and oxygen atoms in total. The van der Waals surface area contributed by atoms with Crippen molar-refractivity contribution in [2.75, 3.05) is 12.3 Å². The van der Waals surface area contributed by atoms with Crippen molar-refractivity contribution < 1.29 is 14.5 Å². The lowest BCUT2D eigenvalue weighted by atomic mass is 9.91. The zero-order valence-corrected chi connectivity index (χ0v) is 13.1. The van der Waals surface area contributed by atoms with Gasteiger partial charge >= 0.3 is 5.97 Å². The van der Waals surface area contributed by atoms with Crippen LogP contribution in [0, 0.1) is 32.8 Å². The number of nitrogens with zero attached hydrogens (tertiary/aromatic N) is 3. The minimum absolute atomic E-state index is 0.00185. The first-order valence-corrected chi connectivity index (χ1v) is 7.13. The van der Waals surface area contributed by atoms with E-state index in [-0.39, 0.29) is 40.2 Å². The number of carbonyl (C=O) groups is 1. The number of anilines is 1. The first kappa shape index (κ1) is 17.4. The molecule has 2 rings (SSSR count). The minimum Gasteiger partial charge on any atom is -0.462 e. The Labute approximate surface area is 142 Å². The molecule has 0 saturated heterocycles. The second kappa shape index (κ2) is 7.11. The molecule has 0 aromatic heterocycles. The van der Waals surface area contributed by atoms with E-state index >= 15 is 0 Å². The van der Waals surface area contributed by atoms with Crippen molar-refractivity contribution in [1.29, 1.82) is 10.5 Å². The molecule has 0 aliphatic carbocycles. The third kappa shape index (κ3) is 3.23. The molecule has 25 heavy (non-hydrogen) atoms. The van der Waals surface area contributed by atoms with Crippen molar-refractivity contribution in [2.24, 2.45) is 0 Å². The van der Waals surface area contributed by atoms with Gasteiger partial charge < -0.3 is 10.5 Å². The maximum atomic E-state index is 12.3. The fraction of sp³-hybridized carbons (Fsp3) is 0.118. The van der Waals surface area contributed by atoms with Crippen molar-refractivity contribution in [2.45, 2.75) is 6.92 Å². The molecule has 0 unspecified atom stereocenters. The summed E-state index contributed by atoms with van der Waals surface area (Å²) in [5.74, 6) is -0.719. The summed E-state index contributed by atoms with van der Waals surface area (Å²) in [6.45, 7) is 1.73. The quantitative estimate of drug-likeness (QED) is 0.391. The van der Waals surface area contributed by atoms with E-state index in [9.17, 15) is 20.2 Å². The molecule has 0 bridgehead atoms. The first-order chi connectivity index (χ1) is 11.9. The van der Waals surface area contributed by atoms with Crippen LogP contribution in [0.25, 0.3) is 11.1 Å². The number of nitro groups is 1. The van der Waals surface area contributed by atoms with Gasteiger partial charge in [0.25, 0.3) is 5.69 Å². The predicted octanol–water partition coefficient (Wildman–Crippen LogP) is 2.76. The molecule has 0 saturated carbocycles. The van der Waals surface area contributed by atoms with Crippen LogP contribution in [-0.4, -0.2) is 17.5 Å². The number of esters is 1. The summed E-state index contributed by atoms with van der Waals surface area (Å²) in [5.41, 5.74) is 6.12. The van der Waals surface area contributed by atoms with E-state index in [0.29, 0.717) is 5.56 Å². The number of nitriles is 2. The molecule has 0 amide bonds. The fourth-order valence-corrected chi connectivity index (χ4v) is 2.33. The normalized spacial score (nSPS) is 9.72. The lowest BCUT2D eigenvalue weighted by Crippen LogP contribution is -2.10. The van der Waals surface area contributed by atoms with Gasteiger partial charge in [-0.2, -0.15) is 10.5 Å². The van der Waals surface area contributed by atoms with Crippen molar-refractivity contribution in [3.63, 3.8) is 0 Å². The maximum absolute atomic E-state index is 12.3. The molecule has 8 heteroatoms. The molecule has 0 radical (unpaired) electrons. The standard InChI is InChI=1S/C17H12N4O4/c1-2-25-17(22)13-7-11(8-18)16(20)14(9-19)15(13)10-3-5-12(6-4-10)21(23)24/h3-7H,2,20H2,1H3. The Bertz CT molecular complexity index is 937. The Morgan fingerprint density at radius 2 is 1.92 bits per heavy atom. The van der Waals surface area contributed by atoms with Gasteiger partial charge in [0, 0.05) is 17.7 Å². The van der Waals surface area contributed by atoms with E-state index in [4.69, 9.17) is 15.7 Å². The summed E-state index contributed by atoms with van der Waals surface area (Å²) < 4.78 is 4.98. The van der Waals surface area contributed by atoms with Crippen LogP contribution in [-0.2, 0) is 4.74 Å². The van der Waals surface area contributed by atoms with Crippen LogP contribution in [0.3, 0.4) is 0 Å². The average molecular weight is 336 g/mol. The van der Waals surface area contributed by atoms with Crippen molar-refractivity contribution in [3.8, 4) is 23.3 Å². The van der Waals surface area contributed by atoms with Crippen molar-refractivity contribution in [3.05, 3.63) is 57.1 Å². The van der Waals surface area contributed by atoms with Gasteiger partial charge in [0.2, 0.25) is 0 Å². The number of non-ortho nitro benzene ring substituents is 1. The Balaban J connectivity index is 2.80. The summed E-state index contributed by atoms with van der Waals surface area (Å²) in [4.78, 5) is 22.5. The third-order valence-corrected chi connectivity index (χ3v) is 3.46. The topological polar surface area (TPSA) is 143 Å². The van der Waals surface area contributed by atoms with Gasteiger partial charge in [-0.1, -0.05) is 0 Å². The zero-order chi connectivity index (χ0) is 18.6. The minimum atomic E-state index is -0.719. The highest BCUT2D eigenvalue weighted by Crippen LogP contribution is 2.34. The van der Waals surface area contributed by atoms with E-state index in [1.54, 1.807) is 6.92 Å². The molecule has 0 heterocycles. The largest absolute Gasteiger partial charge is 0.462 e. The van der Waals surface area contributed by atoms with Gasteiger partial charge in [0.15, 0.2) is 0 Å². The smallest absolute Gasteiger partial charge is 0.338 e. The summed E-state index contributed by atoms with van der Waals surface area (Å²) in [6, 6.07) is 10.3. The summed E-state index contributed by atoms with van der Waals surface area (Å²) in [7, 11) is 0. The maximum Gasteiger partial charge on any atom is 0.338 e. The number of nitrogen functional groups attached to an aromatic ring is 1. The van der Waals surface area contributed by atoms with Gasteiger partial charge in [-0.3, -0.25) is 10.1 Å². The highest BCUT2D eigenvalue weighted by Gasteiger charge is 2.23. The summed E-state index contributed by atoms with van der Waals surface area (Å²) in [5, 5.41) is 29.4. The number of carbonyl (C=O) groups excluding carboxylic acids is 1. The first-order valence-electron chi connectivity index (χ1n) is 7.13. The summed E-state index contributed by atoms with van der Waals surface area (Å²) >= 11 is 0. The number of hydrogen-bond acceptors (Lipinski definition) is 7. The van der Waals surface area contributed by atoms with Gasteiger partial charge in [-0.25, -0.2) is 4.79 Å². The number of benzene rings is 2. The molecule has 2 aromatic rings. The second-order valence-electron chi connectivity index (χ2n) is 4.88. The monoisotopic (exact) mass is 336 g/mol. The molecular formula is C17H12N4O4. The van der Waals surface area contributed by atoms with E-state index in [1.165, 1.54) is 30.3 Å². The van der Waals surface area contributed by atoms with Crippen molar-refractivity contribution in [1.82, 2.24) is 0 Å². The number of rotatable bonds is 4. The molecule has 0 atom stereocenters. The molecule has 0 aliphatic rings. The second-order valence-corrected chi connectivity index (χ2v) is 4.88. The number of nitrogens with two attached hydrogens (primary N) is 1. The molecule has 2 N–H and O–H groups in total. The van der Waals surface area contributed by atoms with Crippen LogP contribution in [0.4, 0.5) is 11.4 Å². The van der Waals surface area contributed by atoms with E-state index in [2.05, 4.69) is 0 Å². The van der Waals surface area contributed by atoms with Crippen LogP contribution in [0.5, 0.6) is 0 Å². The third-order valence-electron chi connectivity index (χ3n) is 3.46. The fourth-order valence-electron chi connectivity index (χ4n) is 2.33. The van der Waals surface area contributed by atoms with E-state index in [0.717, 1.165) is 0 Å². The van der Waals surface area contributed by atoms with E-state index in [1.807, 2.05) is 12.1 Å². The SMILES string of the molecule is CCOC(=O)c1cc(C#N)c(N)c(C#N)c1-c1ccc([N+](=O)[O-])cc1. The van der Waals surface area contributed by atoms with Crippen molar-refractivity contribution >= 4 is 17.3 Å². The van der Waals surface area contributed by atoms with Crippen LogP contribution >= 0.6 is 0 Å². The molecule has 0 aliphatic heterocycles. The lowest BCUT2D eigenvalue weighted by molar-refractivity contribution is -0.384. The van der Waals surface area contributed by atoms with Crippen LogP contribution in [0.15, 0.2) is 30.3 Å². The highest BCUT2D eigenvalue weighted by molar-refractivity contribution is 6.01. The predicted molar refractivity (Wildman–Crippen MR) is 88.3 cm³/mol. The Kier molecular flexibility index (Phi) is 4.96. The van der Waals surface area contributed by atoms with E-state index < -0.39 is 10.9 Å². The zero-order valence-electron chi connectivity index (χ0n) is 13.1. The number of hydrogen-bond donors (Lipinski definition) is 1. The Morgan fingerprint density at radius 1 is 1.28 bits per heavy atom. The molecular weight excluding hydrogens is 324 g/mol. The number of ether oxygens (including phenoxy) is 1. The molecule has 0 spiro atoms. The van der Waals surface area contributed by atoms with Gasteiger partial charge in [0.1, 0.15) is 12.1 Å². The molecule has 124 valence electrons. The lowest BCUT2D eigenvalue weighted by Gasteiger charge is -2.14. The number of nitro benzene ring substituents is 1. The molecule has 0 fully saturated rings. The Hall–Kier alpha value is -3.91. The van der Waals surface area contributed by atoms with Crippen LogP contribution in [0.2, 0.25) is 0 Å². The summed E-state index contributed by atoms with van der Waals surface area (Å²) in [6.07, 6.45) is 0. The van der Waals surface area contributed by atoms with Gasteiger partial charge in [-0.15, -0.1) is 0 Å².